The van der Waals surface area contributed by atoms with Crippen LogP contribution in [-0.2, 0) is 0 Å². The number of hydrogen-bond acceptors (Lipinski definition) is 5. The van der Waals surface area contributed by atoms with Gasteiger partial charge in [-0.2, -0.15) is 4.99 Å². The van der Waals surface area contributed by atoms with Gasteiger partial charge in [0.05, 0.1) is 10.2 Å². The van der Waals surface area contributed by atoms with Gasteiger partial charge in [-0.1, -0.05) is 23.5 Å². The zero-order valence-corrected chi connectivity index (χ0v) is 15.2. The van der Waals surface area contributed by atoms with Crippen LogP contribution in [0.15, 0.2) is 34.3 Å². The van der Waals surface area contributed by atoms with E-state index in [0.29, 0.717) is 11.1 Å². The van der Waals surface area contributed by atoms with Gasteiger partial charge in [-0.05, 0) is 46.1 Å². The summed E-state index contributed by atoms with van der Waals surface area (Å²) in [6, 6.07) is 7.93. The Labute approximate surface area is 146 Å². The third-order valence-electron chi connectivity index (χ3n) is 3.12. The fourth-order valence-corrected chi connectivity index (χ4v) is 2.89. The molecule has 2 rings (SSSR count). The molecule has 0 aliphatic heterocycles. The lowest BCUT2D eigenvalue weighted by Gasteiger charge is -2.11. The van der Waals surface area contributed by atoms with Crippen LogP contribution in [0.5, 0.6) is 0 Å². The highest BCUT2D eigenvalue weighted by Crippen LogP contribution is 2.27. The third-order valence-corrected chi connectivity index (χ3v) is 4.05. The molecule has 0 atom stereocenters. The number of thiazole rings is 1. The van der Waals surface area contributed by atoms with Crippen LogP contribution < -0.4 is 16.4 Å². The molecule has 0 saturated heterocycles. The molecule has 0 fully saturated rings. The maximum Gasteiger partial charge on any atom is 0.213 e. The molecule has 4 N–H and O–H groups in total. The van der Waals surface area contributed by atoms with E-state index in [1.807, 2.05) is 31.2 Å². The number of rotatable bonds is 6. The first-order valence-corrected chi connectivity index (χ1v) is 8.80. The number of nitrogens with two attached hydrogens (primary N) is 1. The van der Waals surface area contributed by atoms with Crippen LogP contribution in [0, 0.1) is 0 Å². The van der Waals surface area contributed by atoms with Gasteiger partial charge in [0, 0.05) is 13.1 Å². The summed E-state index contributed by atoms with van der Waals surface area (Å²) in [6.45, 7) is 4.49. The van der Waals surface area contributed by atoms with Gasteiger partial charge >= 0.3 is 0 Å². The van der Waals surface area contributed by atoms with Crippen LogP contribution in [0.3, 0.4) is 0 Å². The lowest BCUT2D eigenvalue weighted by atomic mass is 10.3. The van der Waals surface area contributed by atoms with Crippen molar-refractivity contribution in [2.24, 2.45) is 15.7 Å². The number of para-hydroxylation sites is 1. The van der Waals surface area contributed by atoms with E-state index in [1.54, 1.807) is 0 Å². The summed E-state index contributed by atoms with van der Waals surface area (Å²) in [7, 11) is 4.10. The maximum atomic E-state index is 5.99. The quantitative estimate of drug-likeness (QED) is 0.421. The molecule has 1 aromatic carbocycles. The molecule has 0 aliphatic carbocycles. The Morgan fingerprint density at radius 3 is 2.83 bits per heavy atom. The molecule has 1 aromatic heterocycles. The minimum atomic E-state index is 0.279. The van der Waals surface area contributed by atoms with Crippen LogP contribution >= 0.6 is 11.3 Å². The van der Waals surface area contributed by atoms with Gasteiger partial charge in [0.25, 0.3) is 0 Å². The van der Waals surface area contributed by atoms with E-state index < -0.39 is 0 Å². The van der Waals surface area contributed by atoms with Gasteiger partial charge in [-0.25, -0.2) is 4.98 Å². The third kappa shape index (κ3) is 5.78. The fourth-order valence-electron chi connectivity index (χ4n) is 2.05. The second-order valence-electron chi connectivity index (χ2n) is 5.50. The van der Waals surface area contributed by atoms with Gasteiger partial charge in [0.2, 0.25) is 11.1 Å². The molecule has 0 radical (unpaired) electrons. The SMILES string of the molecule is CCNC(=NCCCN(C)C)N/C(N)=N/c1nc2ccccc2s1. The van der Waals surface area contributed by atoms with Crippen molar-refractivity contribution in [3.63, 3.8) is 0 Å². The number of aliphatic imine (C=N–C) groups is 2. The summed E-state index contributed by atoms with van der Waals surface area (Å²) in [4.78, 5) is 15.4. The average Bonchev–Trinajstić information content (AvgIpc) is 2.93. The van der Waals surface area contributed by atoms with E-state index in [1.165, 1.54) is 11.3 Å². The minimum absolute atomic E-state index is 0.279. The van der Waals surface area contributed by atoms with E-state index in [0.717, 1.165) is 36.3 Å². The number of benzene rings is 1. The van der Waals surface area contributed by atoms with Crippen LogP contribution in [0.25, 0.3) is 10.2 Å². The Morgan fingerprint density at radius 2 is 2.12 bits per heavy atom. The summed E-state index contributed by atoms with van der Waals surface area (Å²) < 4.78 is 1.09. The smallest absolute Gasteiger partial charge is 0.213 e. The van der Waals surface area contributed by atoms with Crippen molar-refractivity contribution >= 4 is 38.6 Å². The Kier molecular flexibility index (Phi) is 6.95. The average molecular weight is 347 g/mol. The molecule has 24 heavy (non-hydrogen) atoms. The number of nitrogens with one attached hydrogen (secondary N) is 2. The first-order valence-electron chi connectivity index (χ1n) is 7.98. The number of hydrogen-bond donors (Lipinski definition) is 3. The Hall–Kier alpha value is -2.19. The van der Waals surface area contributed by atoms with Gasteiger partial charge in [-0.3, -0.25) is 10.3 Å². The summed E-state index contributed by atoms with van der Waals surface area (Å²) in [6.07, 6.45) is 0.985. The lowest BCUT2D eigenvalue weighted by Crippen LogP contribution is -2.44. The Bertz CT molecular complexity index is 672. The van der Waals surface area contributed by atoms with Crippen molar-refractivity contribution < 1.29 is 0 Å². The lowest BCUT2D eigenvalue weighted by molar-refractivity contribution is 0.403. The summed E-state index contributed by atoms with van der Waals surface area (Å²) in [5.74, 6) is 0.917. The van der Waals surface area contributed by atoms with Crippen molar-refractivity contribution in [2.45, 2.75) is 13.3 Å². The number of aromatic nitrogens is 1. The molecule has 130 valence electrons. The molecule has 0 amide bonds. The van der Waals surface area contributed by atoms with E-state index in [2.05, 4.69) is 44.6 Å². The van der Waals surface area contributed by atoms with Gasteiger partial charge in [0.1, 0.15) is 0 Å². The summed E-state index contributed by atoms with van der Waals surface area (Å²) in [5.41, 5.74) is 6.92. The van der Waals surface area contributed by atoms with E-state index >= 15 is 0 Å². The predicted molar refractivity (Wildman–Crippen MR) is 103 cm³/mol. The molecule has 0 aliphatic rings. The normalized spacial score (nSPS) is 12.8. The zero-order chi connectivity index (χ0) is 17.4. The maximum absolute atomic E-state index is 5.99. The number of guanidine groups is 2. The summed E-state index contributed by atoms with van der Waals surface area (Å²) >= 11 is 1.51. The van der Waals surface area contributed by atoms with Gasteiger partial charge < -0.3 is 16.0 Å². The zero-order valence-electron chi connectivity index (χ0n) is 14.4. The number of nitrogens with zero attached hydrogens (tertiary/aromatic N) is 4. The van der Waals surface area contributed by atoms with Crippen molar-refractivity contribution in [2.75, 3.05) is 33.7 Å². The van der Waals surface area contributed by atoms with E-state index in [-0.39, 0.29) is 5.96 Å². The standard InChI is InChI=1S/C16H25N7S/c1-4-18-15(19-10-7-11-23(2)3)21-14(17)22-16-20-12-8-5-6-9-13(12)24-16/h5-6,8-9H,4,7,10-11H2,1-3H3,(H4,17,18,19,20,21,22). The van der Waals surface area contributed by atoms with Crippen LogP contribution in [0.4, 0.5) is 5.13 Å². The Balaban J connectivity index is 2.00. The van der Waals surface area contributed by atoms with Gasteiger partial charge in [0.15, 0.2) is 5.96 Å². The second kappa shape index (κ2) is 9.19. The Morgan fingerprint density at radius 1 is 1.33 bits per heavy atom. The van der Waals surface area contributed by atoms with E-state index in [4.69, 9.17) is 5.73 Å². The molecule has 0 bridgehead atoms. The summed E-state index contributed by atoms with van der Waals surface area (Å²) in [5, 5.41) is 6.81. The molecule has 8 heteroatoms. The van der Waals surface area contributed by atoms with Crippen molar-refractivity contribution in [1.82, 2.24) is 20.5 Å². The van der Waals surface area contributed by atoms with Crippen LogP contribution in [0.1, 0.15) is 13.3 Å². The second-order valence-corrected chi connectivity index (χ2v) is 6.51. The van der Waals surface area contributed by atoms with Crippen molar-refractivity contribution in [3.8, 4) is 0 Å². The molecular formula is C16H25N7S. The van der Waals surface area contributed by atoms with Crippen molar-refractivity contribution in [3.05, 3.63) is 24.3 Å². The molecule has 0 unspecified atom stereocenters. The minimum Gasteiger partial charge on any atom is -0.369 e. The molecule has 0 spiro atoms. The van der Waals surface area contributed by atoms with Crippen molar-refractivity contribution in [1.29, 1.82) is 0 Å². The van der Waals surface area contributed by atoms with Crippen LogP contribution in [0.2, 0.25) is 0 Å². The molecule has 1 heterocycles. The molecule has 7 nitrogen and oxygen atoms in total. The monoisotopic (exact) mass is 347 g/mol. The van der Waals surface area contributed by atoms with Gasteiger partial charge in [-0.15, -0.1) is 0 Å². The number of fused-ring (bicyclic) bond motifs is 1. The predicted octanol–water partition coefficient (Wildman–Crippen LogP) is 1.75. The fraction of sp³-hybridized carbons (Fsp3) is 0.438. The largest absolute Gasteiger partial charge is 0.369 e. The molecular weight excluding hydrogens is 322 g/mol. The highest BCUT2D eigenvalue weighted by molar-refractivity contribution is 7.22. The first-order chi connectivity index (χ1) is 11.6. The first kappa shape index (κ1) is 18.2. The highest BCUT2D eigenvalue weighted by Gasteiger charge is 2.04. The topological polar surface area (TPSA) is 90.9 Å². The van der Waals surface area contributed by atoms with Crippen LogP contribution in [-0.4, -0.2) is 55.5 Å². The van der Waals surface area contributed by atoms with E-state index in [9.17, 15) is 0 Å². The highest BCUT2D eigenvalue weighted by atomic mass is 32.1. The molecule has 0 saturated carbocycles. The molecule has 2 aromatic rings.